The SMILES string of the molecule is COc1cccc(C(C)NCc2cc(C#N)n(C)c2)c1. The van der Waals surface area contributed by atoms with Crippen molar-refractivity contribution in [3.8, 4) is 11.8 Å². The first-order valence-electron chi connectivity index (χ1n) is 6.56. The molecule has 0 fully saturated rings. The Kier molecular flexibility index (Phi) is 4.44. The van der Waals surface area contributed by atoms with E-state index >= 15 is 0 Å². The first-order chi connectivity index (χ1) is 9.63. The fraction of sp³-hybridized carbons (Fsp3) is 0.312. The lowest BCUT2D eigenvalue weighted by atomic mass is 10.1. The van der Waals surface area contributed by atoms with Gasteiger partial charge in [-0.15, -0.1) is 0 Å². The van der Waals surface area contributed by atoms with Crippen LogP contribution in [-0.2, 0) is 13.6 Å². The van der Waals surface area contributed by atoms with Crippen molar-refractivity contribution in [3.05, 3.63) is 53.3 Å². The molecule has 0 saturated carbocycles. The average Bonchev–Trinajstić information content (AvgIpc) is 2.85. The Morgan fingerprint density at radius 3 is 2.85 bits per heavy atom. The van der Waals surface area contributed by atoms with Gasteiger partial charge in [0.25, 0.3) is 0 Å². The highest BCUT2D eigenvalue weighted by Crippen LogP contribution is 2.19. The highest BCUT2D eigenvalue weighted by Gasteiger charge is 2.07. The average molecular weight is 269 g/mol. The zero-order chi connectivity index (χ0) is 14.5. The first-order valence-corrected chi connectivity index (χ1v) is 6.56. The first kappa shape index (κ1) is 14.2. The van der Waals surface area contributed by atoms with Gasteiger partial charge in [-0.2, -0.15) is 5.26 Å². The van der Waals surface area contributed by atoms with E-state index in [-0.39, 0.29) is 6.04 Å². The molecule has 1 aromatic heterocycles. The van der Waals surface area contributed by atoms with Crippen LogP contribution in [0.3, 0.4) is 0 Å². The summed E-state index contributed by atoms with van der Waals surface area (Å²) < 4.78 is 7.07. The third-order valence-electron chi connectivity index (χ3n) is 3.38. The van der Waals surface area contributed by atoms with Crippen molar-refractivity contribution in [2.24, 2.45) is 7.05 Å². The molecule has 0 aliphatic rings. The van der Waals surface area contributed by atoms with Crippen LogP contribution in [0.2, 0.25) is 0 Å². The molecule has 0 spiro atoms. The van der Waals surface area contributed by atoms with Crippen LogP contribution in [0.15, 0.2) is 36.5 Å². The van der Waals surface area contributed by atoms with E-state index in [2.05, 4.69) is 24.4 Å². The smallest absolute Gasteiger partial charge is 0.120 e. The molecule has 1 heterocycles. The second-order valence-corrected chi connectivity index (χ2v) is 4.84. The Labute approximate surface area is 119 Å². The van der Waals surface area contributed by atoms with E-state index in [0.717, 1.165) is 17.9 Å². The number of hydrogen-bond acceptors (Lipinski definition) is 3. The lowest BCUT2D eigenvalue weighted by molar-refractivity contribution is 0.413. The number of nitrogens with zero attached hydrogens (tertiary/aromatic N) is 2. The molecule has 0 aliphatic heterocycles. The second kappa shape index (κ2) is 6.27. The van der Waals surface area contributed by atoms with Gasteiger partial charge in [-0.05, 0) is 36.2 Å². The Morgan fingerprint density at radius 1 is 1.40 bits per heavy atom. The summed E-state index contributed by atoms with van der Waals surface area (Å²) in [5.74, 6) is 0.864. The predicted molar refractivity (Wildman–Crippen MR) is 78.4 cm³/mol. The van der Waals surface area contributed by atoms with Crippen molar-refractivity contribution in [1.29, 1.82) is 5.26 Å². The maximum absolute atomic E-state index is 8.94. The van der Waals surface area contributed by atoms with Crippen LogP contribution in [0.1, 0.15) is 29.8 Å². The Hall–Kier alpha value is -2.25. The van der Waals surface area contributed by atoms with E-state index in [1.165, 1.54) is 5.56 Å². The number of rotatable bonds is 5. The van der Waals surface area contributed by atoms with Crippen LogP contribution in [0.5, 0.6) is 5.75 Å². The maximum Gasteiger partial charge on any atom is 0.120 e. The molecule has 2 rings (SSSR count). The fourth-order valence-corrected chi connectivity index (χ4v) is 2.14. The third-order valence-corrected chi connectivity index (χ3v) is 3.38. The molecule has 104 valence electrons. The maximum atomic E-state index is 8.94. The molecule has 1 atom stereocenters. The number of aryl methyl sites for hydroxylation is 1. The summed E-state index contributed by atoms with van der Waals surface area (Å²) in [5.41, 5.74) is 2.97. The molecule has 0 aliphatic carbocycles. The molecule has 1 N–H and O–H groups in total. The number of nitriles is 1. The summed E-state index contributed by atoms with van der Waals surface area (Å²) in [6.07, 6.45) is 1.98. The largest absolute Gasteiger partial charge is 0.497 e. The molecule has 2 aromatic rings. The van der Waals surface area contributed by atoms with E-state index in [4.69, 9.17) is 10.00 Å². The number of hydrogen-bond donors (Lipinski definition) is 1. The van der Waals surface area contributed by atoms with Crippen LogP contribution in [0, 0.1) is 11.3 Å². The van der Waals surface area contributed by atoms with Crippen molar-refractivity contribution >= 4 is 0 Å². The molecule has 4 nitrogen and oxygen atoms in total. The zero-order valence-corrected chi connectivity index (χ0v) is 12.1. The summed E-state index contributed by atoms with van der Waals surface area (Å²) in [6, 6.07) is 12.3. The standard InChI is InChI=1S/C16H19N3O/c1-12(14-5-4-6-16(8-14)20-3)18-10-13-7-15(9-17)19(2)11-13/h4-8,11-12,18H,10H2,1-3H3. The fourth-order valence-electron chi connectivity index (χ4n) is 2.14. The minimum absolute atomic E-state index is 0.218. The summed E-state index contributed by atoms with van der Waals surface area (Å²) in [4.78, 5) is 0. The summed E-state index contributed by atoms with van der Waals surface area (Å²) in [7, 11) is 3.55. The third kappa shape index (κ3) is 3.19. The summed E-state index contributed by atoms with van der Waals surface area (Å²) >= 11 is 0. The van der Waals surface area contributed by atoms with Crippen molar-refractivity contribution in [3.63, 3.8) is 0 Å². The molecule has 20 heavy (non-hydrogen) atoms. The highest BCUT2D eigenvalue weighted by molar-refractivity contribution is 5.31. The van der Waals surface area contributed by atoms with E-state index in [1.54, 1.807) is 7.11 Å². The van der Waals surface area contributed by atoms with Gasteiger partial charge in [-0.1, -0.05) is 12.1 Å². The van der Waals surface area contributed by atoms with E-state index in [1.807, 2.05) is 42.1 Å². The molecule has 0 amide bonds. The number of benzene rings is 1. The molecular weight excluding hydrogens is 250 g/mol. The minimum atomic E-state index is 0.218. The molecule has 0 bridgehead atoms. The number of methoxy groups -OCH3 is 1. The van der Waals surface area contributed by atoms with Gasteiger partial charge in [0.15, 0.2) is 0 Å². The number of aromatic nitrogens is 1. The normalized spacial score (nSPS) is 11.9. The molecular formula is C16H19N3O. The van der Waals surface area contributed by atoms with Crippen LogP contribution < -0.4 is 10.1 Å². The van der Waals surface area contributed by atoms with Gasteiger partial charge in [0, 0.05) is 25.8 Å². The predicted octanol–water partition coefficient (Wildman–Crippen LogP) is 2.76. The van der Waals surface area contributed by atoms with Crippen LogP contribution in [0.25, 0.3) is 0 Å². The molecule has 4 heteroatoms. The molecule has 1 unspecified atom stereocenters. The molecule has 0 saturated heterocycles. The highest BCUT2D eigenvalue weighted by atomic mass is 16.5. The van der Waals surface area contributed by atoms with Crippen molar-refractivity contribution < 1.29 is 4.74 Å². The van der Waals surface area contributed by atoms with Crippen LogP contribution >= 0.6 is 0 Å². The van der Waals surface area contributed by atoms with Gasteiger partial charge in [-0.3, -0.25) is 0 Å². The van der Waals surface area contributed by atoms with E-state index < -0.39 is 0 Å². The van der Waals surface area contributed by atoms with Crippen molar-refractivity contribution in [2.45, 2.75) is 19.5 Å². The van der Waals surface area contributed by atoms with Gasteiger partial charge >= 0.3 is 0 Å². The van der Waals surface area contributed by atoms with Gasteiger partial charge in [0.2, 0.25) is 0 Å². The topological polar surface area (TPSA) is 50.0 Å². The van der Waals surface area contributed by atoms with E-state index in [9.17, 15) is 0 Å². The Bertz CT molecular complexity index is 625. The minimum Gasteiger partial charge on any atom is -0.497 e. The van der Waals surface area contributed by atoms with Crippen LogP contribution in [-0.4, -0.2) is 11.7 Å². The monoisotopic (exact) mass is 269 g/mol. The van der Waals surface area contributed by atoms with Gasteiger partial charge in [0.05, 0.1) is 7.11 Å². The zero-order valence-electron chi connectivity index (χ0n) is 12.1. The summed E-state index contributed by atoms with van der Waals surface area (Å²) in [6.45, 7) is 2.84. The Morgan fingerprint density at radius 2 is 2.20 bits per heavy atom. The van der Waals surface area contributed by atoms with Crippen LogP contribution in [0.4, 0.5) is 0 Å². The van der Waals surface area contributed by atoms with Gasteiger partial charge in [-0.25, -0.2) is 0 Å². The summed E-state index contributed by atoms with van der Waals surface area (Å²) in [5, 5.41) is 12.4. The lowest BCUT2D eigenvalue weighted by Gasteiger charge is -2.14. The lowest BCUT2D eigenvalue weighted by Crippen LogP contribution is -2.17. The van der Waals surface area contributed by atoms with E-state index in [0.29, 0.717) is 5.69 Å². The number of ether oxygens (including phenoxy) is 1. The molecule has 0 radical (unpaired) electrons. The Balaban J connectivity index is 2.00. The van der Waals surface area contributed by atoms with Gasteiger partial charge < -0.3 is 14.6 Å². The quantitative estimate of drug-likeness (QED) is 0.908. The second-order valence-electron chi connectivity index (χ2n) is 4.84. The van der Waals surface area contributed by atoms with Crippen molar-refractivity contribution in [2.75, 3.05) is 7.11 Å². The van der Waals surface area contributed by atoms with Gasteiger partial charge in [0.1, 0.15) is 17.5 Å². The molecule has 1 aromatic carbocycles. The number of nitrogens with one attached hydrogen (secondary N) is 1. The van der Waals surface area contributed by atoms with Crippen molar-refractivity contribution in [1.82, 2.24) is 9.88 Å².